The normalized spacial score (nSPS) is 10.7. The molecule has 0 bridgehead atoms. The Labute approximate surface area is 161 Å². The molecule has 0 unspecified atom stereocenters. The molecular formula is C19H19N5O2S. The van der Waals surface area contributed by atoms with Crippen molar-refractivity contribution < 1.29 is 9.21 Å². The maximum absolute atomic E-state index is 12.4. The Morgan fingerprint density at radius 3 is 2.78 bits per heavy atom. The summed E-state index contributed by atoms with van der Waals surface area (Å²) in [4.78, 5) is 15.2. The summed E-state index contributed by atoms with van der Waals surface area (Å²) in [6, 6.07) is 12.7. The number of benzene rings is 1. The molecule has 27 heavy (non-hydrogen) atoms. The lowest BCUT2D eigenvalue weighted by Crippen LogP contribution is -2.33. The second kappa shape index (κ2) is 9.07. The van der Waals surface area contributed by atoms with E-state index in [1.807, 2.05) is 22.4 Å². The van der Waals surface area contributed by atoms with Crippen LogP contribution in [-0.2, 0) is 11.3 Å². The van der Waals surface area contributed by atoms with Crippen LogP contribution in [-0.4, -0.2) is 34.1 Å². The van der Waals surface area contributed by atoms with Gasteiger partial charge in [-0.2, -0.15) is 5.26 Å². The molecule has 0 fully saturated rings. The smallest absolute Gasteiger partial charge is 0.257 e. The van der Waals surface area contributed by atoms with Gasteiger partial charge < -0.3 is 9.73 Å². The van der Waals surface area contributed by atoms with Gasteiger partial charge in [0.25, 0.3) is 5.89 Å². The lowest BCUT2D eigenvalue weighted by molar-refractivity contribution is -0.117. The average molecular weight is 381 g/mol. The van der Waals surface area contributed by atoms with Crippen molar-refractivity contribution in [2.24, 2.45) is 0 Å². The molecule has 0 saturated heterocycles. The maximum Gasteiger partial charge on any atom is 0.257 e. The van der Waals surface area contributed by atoms with Crippen molar-refractivity contribution in [3.05, 3.63) is 53.2 Å². The van der Waals surface area contributed by atoms with E-state index in [1.165, 1.54) is 11.3 Å². The van der Waals surface area contributed by atoms with Crippen LogP contribution in [0.5, 0.6) is 0 Å². The van der Waals surface area contributed by atoms with Crippen molar-refractivity contribution in [2.45, 2.75) is 19.9 Å². The summed E-state index contributed by atoms with van der Waals surface area (Å²) in [6.07, 6.45) is 0.899. The second-order valence-electron chi connectivity index (χ2n) is 5.93. The fraction of sp³-hybridized carbons (Fsp3) is 0.263. The van der Waals surface area contributed by atoms with Gasteiger partial charge in [0.15, 0.2) is 0 Å². The molecule has 0 aliphatic carbocycles. The SMILES string of the molecule is CCCN(CC(=O)Nc1ccc(C#N)cc1)Cc1nnc(-c2cccs2)o1. The number of thiophene rings is 1. The minimum atomic E-state index is -0.133. The van der Waals surface area contributed by atoms with Crippen molar-refractivity contribution in [3.63, 3.8) is 0 Å². The van der Waals surface area contributed by atoms with Crippen LogP contribution in [0, 0.1) is 11.3 Å². The Morgan fingerprint density at radius 2 is 2.11 bits per heavy atom. The van der Waals surface area contributed by atoms with Gasteiger partial charge >= 0.3 is 0 Å². The number of nitrogens with one attached hydrogen (secondary N) is 1. The molecule has 8 heteroatoms. The number of hydrogen-bond acceptors (Lipinski definition) is 7. The highest BCUT2D eigenvalue weighted by Crippen LogP contribution is 2.23. The fourth-order valence-electron chi connectivity index (χ4n) is 2.57. The molecule has 0 radical (unpaired) electrons. The lowest BCUT2D eigenvalue weighted by atomic mass is 10.2. The molecule has 3 rings (SSSR count). The number of rotatable bonds is 8. The molecule has 138 valence electrons. The van der Waals surface area contributed by atoms with Crippen molar-refractivity contribution in [1.82, 2.24) is 15.1 Å². The summed E-state index contributed by atoms with van der Waals surface area (Å²) >= 11 is 1.54. The number of carbonyl (C=O) groups is 1. The molecule has 0 aliphatic rings. The van der Waals surface area contributed by atoms with E-state index in [9.17, 15) is 4.79 Å². The Bertz CT molecular complexity index is 912. The summed E-state index contributed by atoms with van der Waals surface area (Å²) < 4.78 is 5.71. The first-order valence-electron chi connectivity index (χ1n) is 8.56. The second-order valence-corrected chi connectivity index (χ2v) is 6.87. The highest BCUT2D eigenvalue weighted by Gasteiger charge is 2.16. The number of nitrogens with zero attached hydrogens (tertiary/aromatic N) is 4. The van der Waals surface area contributed by atoms with Gasteiger partial charge in [-0.05, 0) is 48.7 Å². The number of anilines is 1. The van der Waals surface area contributed by atoms with Crippen molar-refractivity contribution >= 4 is 22.9 Å². The highest BCUT2D eigenvalue weighted by atomic mass is 32.1. The van der Waals surface area contributed by atoms with E-state index in [0.29, 0.717) is 29.6 Å². The molecule has 7 nitrogen and oxygen atoms in total. The van der Waals surface area contributed by atoms with E-state index < -0.39 is 0 Å². The number of carbonyl (C=O) groups excluding carboxylic acids is 1. The third-order valence-electron chi connectivity index (χ3n) is 3.76. The zero-order chi connectivity index (χ0) is 19.1. The van der Waals surface area contributed by atoms with Crippen molar-refractivity contribution in [2.75, 3.05) is 18.4 Å². The fourth-order valence-corrected chi connectivity index (χ4v) is 3.21. The van der Waals surface area contributed by atoms with Crippen LogP contribution in [0.2, 0.25) is 0 Å². The molecule has 2 aromatic heterocycles. The standard InChI is InChI=1S/C19H19N5O2S/c1-2-9-24(12-17(25)21-15-7-5-14(11-20)6-8-15)13-18-22-23-19(26-18)16-4-3-10-27-16/h3-8,10H,2,9,12-13H2,1H3,(H,21,25). The van der Waals surface area contributed by atoms with Gasteiger partial charge in [-0.15, -0.1) is 21.5 Å². The van der Waals surface area contributed by atoms with E-state index >= 15 is 0 Å². The van der Waals surface area contributed by atoms with E-state index in [1.54, 1.807) is 24.3 Å². The predicted molar refractivity (Wildman–Crippen MR) is 103 cm³/mol. The first-order valence-corrected chi connectivity index (χ1v) is 9.44. The Balaban J connectivity index is 1.59. The van der Waals surface area contributed by atoms with E-state index in [4.69, 9.17) is 9.68 Å². The van der Waals surface area contributed by atoms with Gasteiger partial charge in [-0.25, -0.2) is 0 Å². The van der Waals surface area contributed by atoms with Crippen molar-refractivity contribution in [3.8, 4) is 16.8 Å². The predicted octanol–water partition coefficient (Wildman–Crippen LogP) is 3.52. The highest BCUT2D eigenvalue weighted by molar-refractivity contribution is 7.13. The first-order chi connectivity index (χ1) is 13.2. The minimum absolute atomic E-state index is 0.133. The topological polar surface area (TPSA) is 95.1 Å². The molecule has 1 aromatic carbocycles. The van der Waals surface area contributed by atoms with Gasteiger partial charge in [-0.1, -0.05) is 13.0 Å². The van der Waals surface area contributed by atoms with Gasteiger partial charge in [0.05, 0.1) is 29.6 Å². The molecular weight excluding hydrogens is 362 g/mol. The summed E-state index contributed by atoms with van der Waals surface area (Å²) in [5, 5.41) is 21.8. The number of nitriles is 1. The molecule has 1 N–H and O–H groups in total. The Kier molecular flexibility index (Phi) is 6.30. The van der Waals surface area contributed by atoms with E-state index in [-0.39, 0.29) is 12.5 Å². The number of aromatic nitrogens is 2. The molecule has 2 heterocycles. The van der Waals surface area contributed by atoms with Gasteiger partial charge in [-0.3, -0.25) is 9.69 Å². The Morgan fingerprint density at radius 1 is 1.30 bits per heavy atom. The van der Waals surface area contributed by atoms with Crippen LogP contribution in [0.25, 0.3) is 10.8 Å². The molecule has 0 atom stereocenters. The van der Waals surface area contributed by atoms with Crippen LogP contribution in [0.1, 0.15) is 24.8 Å². The third-order valence-corrected chi connectivity index (χ3v) is 4.62. The van der Waals surface area contributed by atoms with Gasteiger partial charge in [0, 0.05) is 5.69 Å². The van der Waals surface area contributed by atoms with E-state index in [0.717, 1.165) is 17.8 Å². The molecule has 0 saturated carbocycles. The lowest BCUT2D eigenvalue weighted by Gasteiger charge is -2.19. The van der Waals surface area contributed by atoms with Gasteiger partial charge in [0.1, 0.15) is 0 Å². The minimum Gasteiger partial charge on any atom is -0.419 e. The zero-order valence-corrected chi connectivity index (χ0v) is 15.7. The Hall–Kier alpha value is -3.02. The average Bonchev–Trinajstić information content (AvgIpc) is 3.34. The molecule has 1 amide bonds. The largest absolute Gasteiger partial charge is 0.419 e. The van der Waals surface area contributed by atoms with Gasteiger partial charge in [0.2, 0.25) is 11.8 Å². The summed E-state index contributed by atoms with van der Waals surface area (Å²) in [7, 11) is 0. The molecule has 0 spiro atoms. The summed E-state index contributed by atoms with van der Waals surface area (Å²) in [6.45, 7) is 3.41. The number of amides is 1. The van der Waals surface area contributed by atoms with Crippen molar-refractivity contribution in [1.29, 1.82) is 5.26 Å². The van der Waals surface area contributed by atoms with Crippen LogP contribution >= 0.6 is 11.3 Å². The maximum atomic E-state index is 12.4. The van der Waals surface area contributed by atoms with Crippen LogP contribution in [0.4, 0.5) is 5.69 Å². The van der Waals surface area contributed by atoms with Crippen LogP contribution < -0.4 is 5.32 Å². The van der Waals surface area contributed by atoms with E-state index in [2.05, 4.69) is 28.5 Å². The van der Waals surface area contributed by atoms with Crippen LogP contribution in [0.15, 0.2) is 46.2 Å². The summed E-state index contributed by atoms with van der Waals surface area (Å²) in [5.41, 5.74) is 1.21. The zero-order valence-electron chi connectivity index (χ0n) is 14.9. The molecule has 0 aliphatic heterocycles. The monoisotopic (exact) mass is 381 g/mol. The van der Waals surface area contributed by atoms with Crippen LogP contribution in [0.3, 0.4) is 0 Å². The molecule has 3 aromatic rings. The quantitative estimate of drug-likeness (QED) is 0.641. The number of hydrogen-bond donors (Lipinski definition) is 1. The first kappa shape index (κ1) is 18.8. The third kappa shape index (κ3) is 5.23. The summed E-state index contributed by atoms with van der Waals surface area (Å²) in [5.74, 6) is 0.850.